The Labute approximate surface area is 186 Å². The first kappa shape index (κ1) is 21.3. The summed E-state index contributed by atoms with van der Waals surface area (Å²) in [6.45, 7) is 1.77. The lowest BCUT2D eigenvalue weighted by molar-refractivity contribution is -0.265. The summed E-state index contributed by atoms with van der Waals surface area (Å²) in [5.41, 5.74) is 0.683. The van der Waals surface area contributed by atoms with Crippen LogP contribution in [0.5, 0.6) is 11.5 Å². The van der Waals surface area contributed by atoms with Crippen LogP contribution in [0, 0.1) is 27.2 Å². The first-order valence-corrected chi connectivity index (χ1v) is 10.6. The van der Waals surface area contributed by atoms with Gasteiger partial charge in [0.15, 0.2) is 17.3 Å². The summed E-state index contributed by atoms with van der Waals surface area (Å²) in [7, 11) is 2.55. The SMILES string of the molecule is COC(=O)N1C(=O)[C@H]2[C@H](C[C@H](C)[C@@]3(O)O[C@H](c4cc(I)c(O)c(OC)c4)C[C@@H]23)C1=O. The van der Waals surface area contributed by atoms with E-state index in [9.17, 15) is 24.6 Å². The Kier molecular flexibility index (Phi) is 5.22. The molecule has 2 aliphatic heterocycles. The minimum atomic E-state index is -1.62. The van der Waals surface area contributed by atoms with Gasteiger partial charge >= 0.3 is 6.09 Å². The van der Waals surface area contributed by atoms with Crippen molar-refractivity contribution in [2.45, 2.75) is 31.7 Å². The van der Waals surface area contributed by atoms with Gasteiger partial charge in [-0.3, -0.25) is 9.59 Å². The first-order valence-electron chi connectivity index (χ1n) is 9.56. The number of phenolic OH excluding ortho intramolecular Hbond substituents is 1. The second-order valence-corrected chi connectivity index (χ2v) is 9.17. The number of aromatic hydroxyl groups is 1. The van der Waals surface area contributed by atoms with E-state index in [1.807, 2.05) is 22.6 Å². The van der Waals surface area contributed by atoms with Crippen molar-refractivity contribution in [3.63, 3.8) is 0 Å². The largest absolute Gasteiger partial charge is 0.504 e. The molecule has 1 saturated carbocycles. The highest BCUT2D eigenvalue weighted by molar-refractivity contribution is 14.1. The zero-order valence-corrected chi connectivity index (χ0v) is 18.8. The third kappa shape index (κ3) is 2.91. The summed E-state index contributed by atoms with van der Waals surface area (Å²) in [6.07, 6.45) is -1.08. The molecule has 6 atom stereocenters. The average Bonchev–Trinajstić information content (AvgIpc) is 3.19. The van der Waals surface area contributed by atoms with Crippen molar-refractivity contribution in [1.82, 2.24) is 4.90 Å². The number of amides is 3. The van der Waals surface area contributed by atoms with Gasteiger partial charge in [0.2, 0.25) is 11.8 Å². The van der Waals surface area contributed by atoms with Gasteiger partial charge in [-0.2, -0.15) is 4.90 Å². The minimum absolute atomic E-state index is 0.00898. The summed E-state index contributed by atoms with van der Waals surface area (Å²) >= 11 is 1.97. The Bertz CT molecular complexity index is 936. The van der Waals surface area contributed by atoms with Crippen molar-refractivity contribution in [2.75, 3.05) is 14.2 Å². The smallest absolute Gasteiger partial charge is 0.423 e. The van der Waals surface area contributed by atoms with Crippen LogP contribution in [0.1, 0.15) is 31.4 Å². The Morgan fingerprint density at radius 3 is 2.60 bits per heavy atom. The Hall–Kier alpha value is -1.92. The maximum atomic E-state index is 13.0. The fourth-order valence-corrected chi connectivity index (χ4v) is 5.68. The highest BCUT2D eigenvalue weighted by atomic mass is 127. The predicted molar refractivity (Wildman–Crippen MR) is 109 cm³/mol. The van der Waals surface area contributed by atoms with Gasteiger partial charge in [-0.25, -0.2) is 4.79 Å². The third-order valence-electron chi connectivity index (χ3n) is 6.55. The number of fused-ring (bicyclic) bond motifs is 3. The van der Waals surface area contributed by atoms with Crippen LogP contribution in [0.25, 0.3) is 0 Å². The van der Waals surface area contributed by atoms with E-state index in [1.165, 1.54) is 7.11 Å². The highest BCUT2D eigenvalue weighted by Crippen LogP contribution is 2.58. The number of nitrogens with zero attached hydrogens (tertiary/aromatic N) is 1. The molecular formula is C20H22INO8. The summed E-state index contributed by atoms with van der Waals surface area (Å²) in [4.78, 5) is 38.2. The van der Waals surface area contributed by atoms with E-state index in [0.717, 1.165) is 7.11 Å². The number of imide groups is 3. The van der Waals surface area contributed by atoms with Crippen LogP contribution < -0.4 is 4.74 Å². The van der Waals surface area contributed by atoms with Crippen LogP contribution in [-0.2, 0) is 19.1 Å². The van der Waals surface area contributed by atoms with Crippen LogP contribution in [0.2, 0.25) is 0 Å². The number of hydrogen-bond donors (Lipinski definition) is 2. The van der Waals surface area contributed by atoms with Crippen molar-refractivity contribution < 1.29 is 38.8 Å². The number of likely N-dealkylation sites (tertiary alicyclic amines) is 1. The molecule has 1 aliphatic carbocycles. The zero-order chi connectivity index (χ0) is 22.0. The minimum Gasteiger partial charge on any atom is -0.504 e. The van der Waals surface area contributed by atoms with Gasteiger partial charge in [0.1, 0.15) is 0 Å². The normalized spacial score (nSPS) is 35.2. The van der Waals surface area contributed by atoms with Crippen LogP contribution in [-0.4, -0.2) is 53.0 Å². The van der Waals surface area contributed by atoms with E-state index in [2.05, 4.69) is 4.74 Å². The van der Waals surface area contributed by atoms with Gasteiger partial charge in [0.05, 0.1) is 35.7 Å². The van der Waals surface area contributed by atoms with Gasteiger partial charge in [0.25, 0.3) is 0 Å². The first-order chi connectivity index (χ1) is 14.1. The molecule has 162 valence electrons. The number of rotatable bonds is 2. The van der Waals surface area contributed by atoms with Crippen LogP contribution in [0.4, 0.5) is 4.79 Å². The number of phenols is 1. The predicted octanol–water partition coefficient (Wildman–Crippen LogP) is 2.18. The summed E-state index contributed by atoms with van der Waals surface area (Å²) in [5.74, 6) is -5.24. The molecule has 3 fully saturated rings. The van der Waals surface area contributed by atoms with Crippen molar-refractivity contribution in [3.05, 3.63) is 21.3 Å². The molecule has 30 heavy (non-hydrogen) atoms. The van der Waals surface area contributed by atoms with Crippen LogP contribution in [0.15, 0.2) is 12.1 Å². The molecule has 10 heteroatoms. The molecule has 1 aromatic rings. The second-order valence-electron chi connectivity index (χ2n) is 8.01. The molecule has 0 spiro atoms. The van der Waals surface area contributed by atoms with Crippen molar-refractivity contribution in [2.24, 2.45) is 23.7 Å². The van der Waals surface area contributed by atoms with Gasteiger partial charge in [-0.15, -0.1) is 0 Å². The van der Waals surface area contributed by atoms with Gasteiger partial charge in [0, 0.05) is 11.8 Å². The molecule has 0 unspecified atom stereocenters. The third-order valence-corrected chi connectivity index (χ3v) is 7.38. The lowest BCUT2D eigenvalue weighted by Gasteiger charge is -2.43. The molecule has 0 radical (unpaired) electrons. The van der Waals surface area contributed by atoms with Crippen molar-refractivity contribution >= 4 is 40.5 Å². The quantitative estimate of drug-likeness (QED) is 0.440. The molecule has 2 saturated heterocycles. The topological polar surface area (TPSA) is 123 Å². The number of halogens is 1. The zero-order valence-electron chi connectivity index (χ0n) is 16.6. The van der Waals surface area contributed by atoms with E-state index in [4.69, 9.17) is 9.47 Å². The van der Waals surface area contributed by atoms with Gasteiger partial charge < -0.3 is 24.4 Å². The molecule has 4 rings (SSSR count). The van der Waals surface area contributed by atoms with Gasteiger partial charge in [-0.1, -0.05) is 6.92 Å². The van der Waals surface area contributed by atoms with E-state index < -0.39 is 53.5 Å². The maximum absolute atomic E-state index is 13.0. The Morgan fingerprint density at radius 2 is 1.97 bits per heavy atom. The molecule has 0 aromatic heterocycles. The van der Waals surface area contributed by atoms with Gasteiger partial charge in [-0.05, 0) is 53.1 Å². The number of carbonyl (C=O) groups excluding carboxylic acids is 3. The molecule has 9 nitrogen and oxygen atoms in total. The fourth-order valence-electron chi connectivity index (χ4n) is 5.06. The number of benzene rings is 1. The van der Waals surface area contributed by atoms with Crippen LogP contribution in [0.3, 0.4) is 0 Å². The standard InChI is InChI=1S/C20H22INO8/c1-8-4-10-15(18(25)22(17(10)24)19(26)29-3)11-7-13(30-20(8,11)27)9-5-12(21)16(23)14(6-9)28-2/h5-6,8,10-11,13,15,23,27H,4,7H2,1-3H3/t8-,10-,11-,13-,15-,20+/m0/s1. The summed E-state index contributed by atoms with van der Waals surface area (Å²) < 4.78 is 16.4. The molecular weight excluding hydrogens is 509 g/mol. The van der Waals surface area contributed by atoms with Crippen molar-refractivity contribution in [1.29, 1.82) is 0 Å². The fraction of sp³-hybridized carbons (Fsp3) is 0.550. The average molecular weight is 531 g/mol. The molecule has 3 amide bonds. The number of ether oxygens (including phenoxy) is 3. The molecule has 0 bridgehead atoms. The van der Waals surface area contributed by atoms with E-state index in [1.54, 1.807) is 19.1 Å². The summed E-state index contributed by atoms with van der Waals surface area (Å²) in [5, 5.41) is 21.5. The monoisotopic (exact) mass is 531 g/mol. The Balaban J connectivity index is 1.71. The lowest BCUT2D eigenvalue weighted by atomic mass is 9.65. The van der Waals surface area contributed by atoms with Crippen molar-refractivity contribution in [3.8, 4) is 11.5 Å². The second kappa shape index (κ2) is 7.34. The van der Waals surface area contributed by atoms with E-state index >= 15 is 0 Å². The van der Waals surface area contributed by atoms with Crippen LogP contribution >= 0.6 is 22.6 Å². The highest BCUT2D eigenvalue weighted by Gasteiger charge is 2.66. The summed E-state index contributed by atoms with van der Waals surface area (Å²) in [6, 6.07) is 3.36. The molecule has 2 heterocycles. The molecule has 2 N–H and O–H groups in total. The van der Waals surface area contributed by atoms with E-state index in [0.29, 0.717) is 14.0 Å². The van der Waals surface area contributed by atoms with E-state index in [-0.39, 0.29) is 24.3 Å². The number of hydrogen-bond acceptors (Lipinski definition) is 8. The maximum Gasteiger partial charge on any atom is 0.423 e. The number of aliphatic hydroxyl groups is 1. The number of carbonyl (C=O) groups is 3. The number of methoxy groups -OCH3 is 2. The molecule has 3 aliphatic rings. The lowest BCUT2D eigenvalue weighted by Crippen LogP contribution is -2.52. The Morgan fingerprint density at radius 1 is 1.27 bits per heavy atom. The molecule has 1 aromatic carbocycles.